The molecule has 0 saturated carbocycles. The third kappa shape index (κ3) is 3.66. The second kappa shape index (κ2) is 8.23. The molecule has 162 valence electrons. The van der Waals surface area contributed by atoms with Crippen LogP contribution in [0.1, 0.15) is 12.5 Å². The van der Waals surface area contributed by atoms with Gasteiger partial charge in [0.05, 0.1) is 33.7 Å². The van der Waals surface area contributed by atoms with E-state index in [9.17, 15) is 14.0 Å². The summed E-state index contributed by atoms with van der Waals surface area (Å²) in [6, 6.07) is 10.4. The lowest BCUT2D eigenvalue weighted by Crippen LogP contribution is -2.27. The topological polar surface area (TPSA) is 81.8 Å². The molecule has 1 aliphatic rings. The Hall–Kier alpha value is -2.88. The molecule has 0 spiro atoms. The number of amides is 1. The molecule has 1 atom stereocenters. The predicted octanol–water partition coefficient (Wildman–Crippen LogP) is 4.70. The average Bonchev–Trinajstić information content (AvgIpc) is 3.37. The number of hydrogen-bond acceptors (Lipinski definition) is 5. The summed E-state index contributed by atoms with van der Waals surface area (Å²) in [5.74, 6) is -0.133. The zero-order chi connectivity index (χ0) is 22.4. The molecule has 2 aromatic heterocycles. The number of anilines is 1. The zero-order valence-electron chi connectivity index (χ0n) is 16.3. The number of carbonyl (C=O) groups is 1. The summed E-state index contributed by atoms with van der Waals surface area (Å²) in [6.07, 6.45) is 1.51. The Labute approximate surface area is 195 Å². The predicted molar refractivity (Wildman–Crippen MR) is 123 cm³/mol. The number of halogens is 3. The lowest BCUT2D eigenvalue weighted by Gasteiger charge is -2.14. The molecule has 3 heterocycles. The first-order valence-electron chi connectivity index (χ1n) is 9.55. The molecule has 7 nitrogen and oxygen atoms in total. The molecule has 5 rings (SSSR count). The summed E-state index contributed by atoms with van der Waals surface area (Å²) >= 11 is 13.5. The van der Waals surface area contributed by atoms with E-state index in [0.717, 1.165) is 0 Å². The van der Waals surface area contributed by atoms with Crippen molar-refractivity contribution in [1.82, 2.24) is 19.3 Å². The first kappa shape index (κ1) is 21.0. The van der Waals surface area contributed by atoms with Gasteiger partial charge in [-0.1, -0.05) is 41.0 Å². The number of nitrogens with zero attached hydrogens (tertiary/aromatic N) is 4. The van der Waals surface area contributed by atoms with E-state index in [0.29, 0.717) is 38.3 Å². The van der Waals surface area contributed by atoms with E-state index in [4.69, 9.17) is 23.2 Å². The Morgan fingerprint density at radius 2 is 2.00 bits per heavy atom. The van der Waals surface area contributed by atoms with Gasteiger partial charge in [-0.2, -0.15) is 5.10 Å². The van der Waals surface area contributed by atoms with Crippen LogP contribution in [-0.2, 0) is 4.79 Å². The highest BCUT2D eigenvalue weighted by Gasteiger charge is 2.29. The molecule has 1 aliphatic heterocycles. The van der Waals surface area contributed by atoms with E-state index in [-0.39, 0.29) is 34.8 Å². The number of benzene rings is 2. The maximum atomic E-state index is 13.3. The number of rotatable bonds is 4. The largest absolute Gasteiger partial charge is 0.325 e. The number of nitrogens with one attached hydrogen (secondary N) is 1. The van der Waals surface area contributed by atoms with Gasteiger partial charge in [-0.3, -0.25) is 14.2 Å². The molecular weight excluding hydrogens is 476 g/mol. The van der Waals surface area contributed by atoms with Crippen molar-refractivity contribution in [1.29, 1.82) is 0 Å². The van der Waals surface area contributed by atoms with E-state index in [1.807, 2.05) is 0 Å². The summed E-state index contributed by atoms with van der Waals surface area (Å²) in [6.45, 7) is 0. The number of aromatic nitrogens is 4. The minimum atomic E-state index is -0.369. The van der Waals surface area contributed by atoms with Gasteiger partial charge in [-0.15, -0.1) is 0 Å². The Kier molecular flexibility index (Phi) is 5.40. The smallest absolute Gasteiger partial charge is 0.265 e. The normalized spacial score (nSPS) is 15.2. The van der Waals surface area contributed by atoms with Crippen LogP contribution in [-0.4, -0.2) is 31.0 Å². The first-order chi connectivity index (χ1) is 15.4. The van der Waals surface area contributed by atoms with Gasteiger partial charge < -0.3 is 5.32 Å². The van der Waals surface area contributed by atoms with Gasteiger partial charge in [-0.05, 0) is 36.4 Å². The summed E-state index contributed by atoms with van der Waals surface area (Å²) in [5.41, 5.74) is 1.12. The lowest BCUT2D eigenvalue weighted by molar-refractivity contribution is -0.116. The van der Waals surface area contributed by atoms with Crippen molar-refractivity contribution in [2.24, 2.45) is 0 Å². The molecule has 0 aliphatic carbocycles. The minimum Gasteiger partial charge on any atom is -0.325 e. The van der Waals surface area contributed by atoms with Gasteiger partial charge in [0.15, 0.2) is 10.8 Å². The van der Waals surface area contributed by atoms with Crippen molar-refractivity contribution in [3.05, 3.63) is 74.9 Å². The maximum absolute atomic E-state index is 13.3. The van der Waals surface area contributed by atoms with E-state index in [1.165, 1.54) is 39.3 Å². The highest BCUT2D eigenvalue weighted by Crippen LogP contribution is 2.34. The monoisotopic (exact) mass is 489 g/mol. The van der Waals surface area contributed by atoms with Crippen LogP contribution in [0.25, 0.3) is 16.7 Å². The quantitative estimate of drug-likeness (QED) is 0.420. The molecule has 4 aromatic rings. The van der Waals surface area contributed by atoms with Crippen LogP contribution in [0.4, 0.5) is 10.1 Å². The molecule has 1 N–H and O–H groups in total. The Morgan fingerprint density at radius 1 is 1.22 bits per heavy atom. The number of carbonyl (C=O) groups excluding carboxylic acids is 1. The van der Waals surface area contributed by atoms with Crippen LogP contribution in [0.15, 0.2) is 58.6 Å². The summed E-state index contributed by atoms with van der Waals surface area (Å²) in [4.78, 5) is 30.4. The maximum Gasteiger partial charge on any atom is 0.265 e. The Morgan fingerprint density at radius 3 is 2.78 bits per heavy atom. The molecule has 0 bridgehead atoms. The van der Waals surface area contributed by atoms with Crippen LogP contribution < -0.4 is 10.9 Å². The van der Waals surface area contributed by atoms with Crippen molar-refractivity contribution in [2.75, 3.05) is 11.1 Å². The van der Waals surface area contributed by atoms with Gasteiger partial charge in [0.25, 0.3) is 5.56 Å². The summed E-state index contributed by atoms with van der Waals surface area (Å²) < 4.78 is 16.3. The standard InChI is InChI=1S/C21H14Cl2FN5O2S/c22-15-2-1-3-16(18(15)23)26-17(30)8-13-10-32-21-27-19-14(20(31)28(13)21)9-25-29(19)12-6-4-11(24)5-7-12/h1-7,9,13H,8,10H2,(H,26,30). The van der Waals surface area contributed by atoms with Crippen LogP contribution in [0, 0.1) is 5.82 Å². The van der Waals surface area contributed by atoms with E-state index < -0.39 is 0 Å². The van der Waals surface area contributed by atoms with Gasteiger partial charge in [-0.25, -0.2) is 14.1 Å². The molecule has 32 heavy (non-hydrogen) atoms. The first-order valence-corrected chi connectivity index (χ1v) is 11.3. The fourth-order valence-electron chi connectivity index (χ4n) is 3.57. The third-order valence-corrected chi connectivity index (χ3v) is 7.01. The van der Waals surface area contributed by atoms with Gasteiger partial charge in [0.1, 0.15) is 11.2 Å². The summed E-state index contributed by atoms with van der Waals surface area (Å²) in [7, 11) is 0. The van der Waals surface area contributed by atoms with E-state index in [1.54, 1.807) is 30.3 Å². The van der Waals surface area contributed by atoms with Crippen molar-refractivity contribution in [3.8, 4) is 5.69 Å². The molecule has 0 radical (unpaired) electrons. The van der Waals surface area contributed by atoms with Crippen molar-refractivity contribution in [2.45, 2.75) is 17.6 Å². The van der Waals surface area contributed by atoms with Gasteiger partial charge in [0.2, 0.25) is 5.91 Å². The lowest BCUT2D eigenvalue weighted by atomic mass is 10.2. The number of fused-ring (bicyclic) bond motifs is 2. The SMILES string of the molecule is O=C(CC1CSc2nc3c(cnn3-c3ccc(F)cc3)c(=O)n21)Nc1cccc(Cl)c1Cl. The minimum absolute atomic E-state index is 0.0715. The fraction of sp³-hybridized carbons (Fsp3) is 0.143. The van der Waals surface area contributed by atoms with Crippen molar-refractivity contribution in [3.63, 3.8) is 0 Å². The number of hydrogen-bond donors (Lipinski definition) is 1. The molecule has 2 aromatic carbocycles. The van der Waals surface area contributed by atoms with Crippen molar-refractivity contribution >= 4 is 57.6 Å². The summed E-state index contributed by atoms with van der Waals surface area (Å²) in [5, 5.41) is 8.44. The molecular formula is C21H14Cl2FN5O2S. The highest BCUT2D eigenvalue weighted by atomic mass is 35.5. The van der Waals surface area contributed by atoms with Crippen LogP contribution >= 0.6 is 35.0 Å². The molecule has 11 heteroatoms. The molecule has 1 unspecified atom stereocenters. The van der Waals surface area contributed by atoms with E-state index >= 15 is 0 Å². The molecule has 1 amide bonds. The number of thioether (sulfide) groups is 1. The van der Waals surface area contributed by atoms with Crippen LogP contribution in [0.3, 0.4) is 0 Å². The third-order valence-electron chi connectivity index (χ3n) is 5.09. The zero-order valence-corrected chi connectivity index (χ0v) is 18.6. The Balaban J connectivity index is 1.44. The van der Waals surface area contributed by atoms with E-state index in [2.05, 4.69) is 15.4 Å². The van der Waals surface area contributed by atoms with Crippen LogP contribution in [0.5, 0.6) is 0 Å². The van der Waals surface area contributed by atoms with Crippen LogP contribution in [0.2, 0.25) is 10.0 Å². The second-order valence-corrected chi connectivity index (χ2v) is 8.93. The molecule has 0 fully saturated rings. The van der Waals surface area contributed by atoms with Gasteiger partial charge >= 0.3 is 0 Å². The van der Waals surface area contributed by atoms with Crippen molar-refractivity contribution < 1.29 is 9.18 Å². The fourth-order valence-corrected chi connectivity index (χ4v) is 5.05. The second-order valence-electron chi connectivity index (χ2n) is 7.16. The Bertz CT molecular complexity index is 1420. The van der Waals surface area contributed by atoms with Gasteiger partial charge in [0, 0.05) is 12.2 Å². The highest BCUT2D eigenvalue weighted by molar-refractivity contribution is 7.99. The average molecular weight is 490 g/mol. The molecule has 0 saturated heterocycles.